The van der Waals surface area contributed by atoms with Gasteiger partial charge in [-0.2, -0.15) is 0 Å². The highest BCUT2D eigenvalue weighted by Gasteiger charge is 2.21. The van der Waals surface area contributed by atoms with E-state index in [2.05, 4.69) is 44.3 Å². The molecule has 0 aliphatic carbocycles. The number of fused-ring (bicyclic) bond motifs is 1. The minimum absolute atomic E-state index is 0.0761. The van der Waals surface area contributed by atoms with Gasteiger partial charge in [-0.1, -0.05) is 18.2 Å². The summed E-state index contributed by atoms with van der Waals surface area (Å²) in [4.78, 5) is 16.5. The van der Waals surface area contributed by atoms with E-state index in [-0.39, 0.29) is 11.6 Å². The molecule has 0 saturated carbocycles. The van der Waals surface area contributed by atoms with Crippen LogP contribution in [0.3, 0.4) is 0 Å². The maximum Gasteiger partial charge on any atom is 0.337 e. The predicted octanol–water partition coefficient (Wildman–Crippen LogP) is 5.62. The Hall–Kier alpha value is -2.92. The van der Waals surface area contributed by atoms with E-state index in [0.29, 0.717) is 11.6 Å². The average Bonchev–Trinajstić information content (AvgIpc) is 2.73. The number of aryl methyl sites for hydroxylation is 2. The van der Waals surface area contributed by atoms with E-state index in [1.54, 1.807) is 12.1 Å². The van der Waals surface area contributed by atoms with Crippen LogP contribution >= 0.6 is 0 Å². The summed E-state index contributed by atoms with van der Waals surface area (Å²) in [5, 5.41) is 14.0. The van der Waals surface area contributed by atoms with Gasteiger partial charge in [0.1, 0.15) is 0 Å². The molecule has 0 spiro atoms. The van der Waals surface area contributed by atoms with Crippen molar-refractivity contribution in [3.05, 3.63) is 70.4 Å². The third-order valence-electron chi connectivity index (χ3n) is 5.94. The van der Waals surface area contributed by atoms with Gasteiger partial charge in [0.2, 0.25) is 0 Å². The lowest BCUT2D eigenvalue weighted by Crippen LogP contribution is -2.17. The Kier molecular flexibility index (Phi) is 5.73. The van der Waals surface area contributed by atoms with Crippen molar-refractivity contribution in [1.82, 2.24) is 4.98 Å². The van der Waals surface area contributed by atoms with E-state index in [0.717, 1.165) is 53.8 Å². The van der Waals surface area contributed by atoms with Crippen molar-refractivity contribution in [3.63, 3.8) is 0 Å². The van der Waals surface area contributed by atoms with Crippen molar-refractivity contribution in [2.75, 3.05) is 18.5 Å². The minimum Gasteiger partial charge on any atom is -0.478 e. The largest absolute Gasteiger partial charge is 0.478 e. The minimum atomic E-state index is -0.934. The molecule has 4 rings (SSSR count). The summed E-state index contributed by atoms with van der Waals surface area (Å²) in [6.07, 6.45) is 2.20. The lowest BCUT2D eigenvalue weighted by atomic mass is 9.89. The number of aromatic nitrogens is 1. The maximum atomic E-state index is 11.6. The molecule has 1 aliphatic rings. The third kappa shape index (κ3) is 4.03. The highest BCUT2D eigenvalue weighted by molar-refractivity contribution is 5.94. The van der Waals surface area contributed by atoms with E-state index in [1.807, 2.05) is 12.1 Å². The van der Waals surface area contributed by atoms with Crippen LogP contribution in [0.4, 0.5) is 5.69 Å². The molecule has 1 saturated heterocycles. The van der Waals surface area contributed by atoms with Crippen LogP contribution < -0.4 is 5.32 Å². The third-order valence-corrected chi connectivity index (χ3v) is 5.94. The van der Waals surface area contributed by atoms with E-state index >= 15 is 0 Å². The number of nitrogens with zero attached hydrogens (tertiary/aromatic N) is 1. The molecular formula is C25H28N2O3. The maximum absolute atomic E-state index is 11.6. The molecule has 1 fully saturated rings. The summed E-state index contributed by atoms with van der Waals surface area (Å²) in [6, 6.07) is 13.5. The Bertz CT molecular complexity index is 1090. The molecule has 2 aromatic carbocycles. The predicted molar refractivity (Wildman–Crippen MR) is 119 cm³/mol. The molecule has 2 heterocycles. The monoisotopic (exact) mass is 404 g/mol. The SMILES string of the molecule is Cc1cc([C@H](C)Nc2ccccc2C(=O)O)c2cc([C@H]3CCCOC3)c(C)nc2c1. The standard InChI is InChI=1S/C25H28N2O3/c1-15-11-21(17(3)26-23-9-5-4-8-19(23)25(28)29)22-13-20(16(2)27-24(22)12-15)18-7-6-10-30-14-18/h4-5,8-9,11-13,17-18,26H,6-7,10,14H2,1-3H3,(H,28,29)/t17-,18-/m0/s1. The Morgan fingerprint density at radius 2 is 2.03 bits per heavy atom. The van der Waals surface area contributed by atoms with Crippen LogP contribution in [0, 0.1) is 13.8 Å². The van der Waals surface area contributed by atoms with Crippen LogP contribution in [-0.4, -0.2) is 29.3 Å². The number of para-hydroxylation sites is 1. The molecule has 0 amide bonds. The van der Waals surface area contributed by atoms with Gasteiger partial charge in [0.15, 0.2) is 0 Å². The van der Waals surface area contributed by atoms with Crippen LogP contribution in [-0.2, 0) is 4.74 Å². The summed E-state index contributed by atoms with van der Waals surface area (Å²) in [5.41, 5.74) is 6.44. The number of hydrogen-bond acceptors (Lipinski definition) is 4. The molecule has 1 aromatic heterocycles. The quantitative estimate of drug-likeness (QED) is 0.578. The van der Waals surface area contributed by atoms with E-state index in [4.69, 9.17) is 9.72 Å². The summed E-state index contributed by atoms with van der Waals surface area (Å²) >= 11 is 0. The molecule has 0 bridgehead atoms. The zero-order valence-corrected chi connectivity index (χ0v) is 17.7. The molecule has 2 N–H and O–H groups in total. The molecule has 5 nitrogen and oxygen atoms in total. The summed E-state index contributed by atoms with van der Waals surface area (Å²) in [6.45, 7) is 7.80. The van der Waals surface area contributed by atoms with Gasteiger partial charge in [0, 0.05) is 35.3 Å². The first-order valence-corrected chi connectivity index (χ1v) is 10.5. The van der Waals surface area contributed by atoms with Crippen molar-refractivity contribution >= 4 is 22.6 Å². The number of carboxylic acids is 1. The number of benzene rings is 2. The van der Waals surface area contributed by atoms with Gasteiger partial charge < -0.3 is 15.2 Å². The molecule has 2 atom stereocenters. The summed E-state index contributed by atoms with van der Waals surface area (Å²) in [7, 11) is 0. The van der Waals surface area contributed by atoms with Gasteiger partial charge in [0.05, 0.1) is 17.7 Å². The number of aromatic carboxylic acids is 1. The number of rotatable bonds is 5. The topological polar surface area (TPSA) is 71.5 Å². The van der Waals surface area contributed by atoms with Crippen LogP contribution in [0.5, 0.6) is 0 Å². The van der Waals surface area contributed by atoms with E-state index in [1.165, 1.54) is 5.56 Å². The van der Waals surface area contributed by atoms with E-state index in [9.17, 15) is 9.90 Å². The number of pyridine rings is 1. The van der Waals surface area contributed by atoms with Crippen molar-refractivity contribution in [3.8, 4) is 0 Å². The highest BCUT2D eigenvalue weighted by atomic mass is 16.5. The summed E-state index contributed by atoms with van der Waals surface area (Å²) in [5.74, 6) is -0.558. The van der Waals surface area contributed by atoms with Gasteiger partial charge in [0.25, 0.3) is 0 Å². The fourth-order valence-electron chi connectivity index (χ4n) is 4.42. The van der Waals surface area contributed by atoms with Crippen LogP contribution in [0.1, 0.15) is 64.5 Å². The molecule has 0 radical (unpaired) electrons. The second-order valence-electron chi connectivity index (χ2n) is 8.21. The second-order valence-corrected chi connectivity index (χ2v) is 8.21. The smallest absolute Gasteiger partial charge is 0.337 e. The molecule has 156 valence electrons. The molecule has 1 aliphatic heterocycles. The molecule has 5 heteroatoms. The summed E-state index contributed by atoms with van der Waals surface area (Å²) < 4.78 is 5.72. The van der Waals surface area contributed by atoms with Crippen molar-refractivity contribution in [2.45, 2.75) is 45.6 Å². The van der Waals surface area contributed by atoms with Crippen molar-refractivity contribution in [2.24, 2.45) is 0 Å². The van der Waals surface area contributed by atoms with Crippen LogP contribution in [0.15, 0.2) is 42.5 Å². The van der Waals surface area contributed by atoms with Gasteiger partial charge in [-0.3, -0.25) is 4.98 Å². The number of carbonyl (C=O) groups is 1. The Labute approximate surface area is 177 Å². The second kappa shape index (κ2) is 8.44. The van der Waals surface area contributed by atoms with Gasteiger partial charge in [-0.15, -0.1) is 0 Å². The van der Waals surface area contributed by atoms with Gasteiger partial charge in [-0.05, 0) is 74.6 Å². The number of anilines is 1. The molecular weight excluding hydrogens is 376 g/mol. The zero-order chi connectivity index (χ0) is 21.3. The number of hydrogen-bond donors (Lipinski definition) is 2. The lowest BCUT2D eigenvalue weighted by molar-refractivity contribution is 0.0698. The van der Waals surface area contributed by atoms with E-state index < -0.39 is 5.97 Å². The first-order valence-electron chi connectivity index (χ1n) is 10.5. The van der Waals surface area contributed by atoms with Crippen LogP contribution in [0.25, 0.3) is 10.9 Å². The fraction of sp³-hybridized carbons (Fsp3) is 0.360. The Balaban J connectivity index is 1.76. The highest BCUT2D eigenvalue weighted by Crippen LogP contribution is 2.34. The molecule has 3 aromatic rings. The molecule has 30 heavy (non-hydrogen) atoms. The first kappa shape index (κ1) is 20.4. The normalized spacial score (nSPS) is 17.6. The Morgan fingerprint density at radius 1 is 1.23 bits per heavy atom. The fourth-order valence-corrected chi connectivity index (χ4v) is 4.42. The number of ether oxygens (including phenoxy) is 1. The average molecular weight is 405 g/mol. The van der Waals surface area contributed by atoms with Crippen molar-refractivity contribution in [1.29, 1.82) is 0 Å². The zero-order valence-electron chi connectivity index (χ0n) is 17.7. The van der Waals surface area contributed by atoms with Crippen molar-refractivity contribution < 1.29 is 14.6 Å². The number of carboxylic acid groups (broad SMARTS) is 1. The lowest BCUT2D eigenvalue weighted by Gasteiger charge is -2.25. The first-order chi connectivity index (χ1) is 14.4. The Morgan fingerprint density at radius 3 is 2.77 bits per heavy atom. The van der Waals surface area contributed by atoms with Crippen LogP contribution in [0.2, 0.25) is 0 Å². The van der Waals surface area contributed by atoms with Gasteiger partial charge in [-0.25, -0.2) is 4.79 Å². The van der Waals surface area contributed by atoms with Gasteiger partial charge >= 0.3 is 5.97 Å². The number of nitrogens with one attached hydrogen (secondary N) is 1. The molecule has 0 unspecified atom stereocenters.